The molecule has 50 heavy (non-hydrogen) atoms. The fraction of sp³-hybridized carbons (Fsp3) is 0.485. The number of likely N-dealkylation sites (tertiary alicyclic amines) is 1. The summed E-state index contributed by atoms with van der Waals surface area (Å²) >= 11 is 4.89. The van der Waals surface area contributed by atoms with E-state index in [-0.39, 0.29) is 52.5 Å². The van der Waals surface area contributed by atoms with Crippen LogP contribution in [0.5, 0.6) is 0 Å². The van der Waals surface area contributed by atoms with Crippen molar-refractivity contribution in [3.05, 3.63) is 90.5 Å². The van der Waals surface area contributed by atoms with E-state index in [1.165, 1.54) is 60.0 Å². The summed E-state index contributed by atoms with van der Waals surface area (Å²) in [6.45, 7) is 3.57. The van der Waals surface area contributed by atoms with E-state index < -0.39 is 51.3 Å². The van der Waals surface area contributed by atoms with Crippen LogP contribution >= 0.6 is 35.3 Å². The summed E-state index contributed by atoms with van der Waals surface area (Å²) in [7, 11) is 0. The lowest BCUT2D eigenvalue weighted by atomic mass is 9.67. The normalized spacial score (nSPS) is 27.1. The zero-order valence-corrected chi connectivity index (χ0v) is 29.7. The number of rotatable bonds is 11. The molecule has 2 N–H and O–H groups in total. The van der Waals surface area contributed by atoms with Crippen molar-refractivity contribution in [3.63, 3.8) is 0 Å². The first-order chi connectivity index (χ1) is 23.8. The topological polar surface area (TPSA) is 194 Å². The maximum atomic E-state index is 13.7. The number of fused-ring (bicyclic) bond motifs is 1. The second-order valence-corrected chi connectivity index (χ2v) is 17.2. The Morgan fingerprint density at radius 3 is 2.16 bits per heavy atom. The number of β-lactam (4-membered cyclic amide) rings is 1. The molecule has 0 spiro atoms. The molecule has 0 bridgehead atoms. The largest absolute Gasteiger partial charge is 0.477 e. The molecule has 3 saturated heterocycles. The number of ether oxygens (including phenoxy) is 1. The summed E-state index contributed by atoms with van der Waals surface area (Å²) in [6.07, 6.45) is 0.283. The fourth-order valence-electron chi connectivity index (χ4n) is 7.38. The van der Waals surface area contributed by atoms with E-state index >= 15 is 0 Å². The van der Waals surface area contributed by atoms with Crippen molar-refractivity contribution in [2.75, 3.05) is 18.1 Å². The Morgan fingerprint density at radius 2 is 1.62 bits per heavy atom. The first-order valence-corrected chi connectivity index (χ1v) is 19.1. The summed E-state index contributed by atoms with van der Waals surface area (Å²) in [5.74, 6) is -0.682. The predicted molar refractivity (Wildman–Crippen MR) is 188 cm³/mol. The number of aliphatic carboxylic acids is 1. The van der Waals surface area contributed by atoms with Crippen LogP contribution in [-0.4, -0.2) is 93.9 Å². The Labute approximate surface area is 300 Å². The van der Waals surface area contributed by atoms with Gasteiger partial charge in [-0.2, -0.15) is 0 Å². The summed E-state index contributed by atoms with van der Waals surface area (Å²) in [5, 5.41) is 43.2. The number of nitro benzene ring substituents is 2. The number of hydrogen-bond acceptors (Lipinski definition) is 12. The first-order valence-electron chi connectivity index (χ1n) is 16.1. The number of non-ortho nitro benzene ring substituents is 2. The summed E-state index contributed by atoms with van der Waals surface area (Å²) in [4.78, 5) is 64.7. The van der Waals surface area contributed by atoms with Gasteiger partial charge >= 0.3 is 12.1 Å². The van der Waals surface area contributed by atoms with E-state index in [4.69, 9.17) is 4.74 Å². The lowest BCUT2D eigenvalue weighted by molar-refractivity contribution is -0.385. The number of carbonyl (C=O) groups is 3. The van der Waals surface area contributed by atoms with Crippen molar-refractivity contribution >= 4 is 64.6 Å². The fourth-order valence-corrected chi connectivity index (χ4v) is 12.2. The molecule has 0 aromatic heterocycles. The molecule has 3 fully saturated rings. The van der Waals surface area contributed by atoms with Gasteiger partial charge in [0.15, 0.2) is 0 Å². The Bertz CT molecular complexity index is 1720. The van der Waals surface area contributed by atoms with E-state index in [2.05, 4.69) is 0 Å². The van der Waals surface area contributed by atoms with Crippen LogP contribution in [0.1, 0.15) is 37.8 Å². The Kier molecular flexibility index (Phi) is 10.4. The molecule has 4 aliphatic heterocycles. The second kappa shape index (κ2) is 14.4. The number of carboxylic acids is 1. The Hall–Kier alpha value is -3.80. The van der Waals surface area contributed by atoms with Crippen LogP contribution in [0.25, 0.3) is 0 Å². The highest BCUT2D eigenvalue weighted by Gasteiger charge is 2.66. The maximum absolute atomic E-state index is 13.7. The van der Waals surface area contributed by atoms with Gasteiger partial charge in [-0.3, -0.25) is 25.0 Å². The molecule has 4 aliphatic rings. The summed E-state index contributed by atoms with van der Waals surface area (Å²) in [5.41, 5.74) is 0.0566. The molecular formula is C33H36N4O10S3. The third-order valence-electron chi connectivity index (χ3n) is 9.71. The molecule has 6 atom stereocenters. The van der Waals surface area contributed by atoms with Crippen LogP contribution in [0.15, 0.2) is 59.1 Å². The summed E-state index contributed by atoms with van der Waals surface area (Å²) < 4.78 is 5.79. The third-order valence-corrected chi connectivity index (χ3v) is 14.4. The van der Waals surface area contributed by atoms with Gasteiger partial charge in [0, 0.05) is 46.4 Å². The highest BCUT2D eigenvalue weighted by atomic mass is 32.2. The molecule has 17 heteroatoms. The lowest BCUT2D eigenvalue weighted by Crippen LogP contribution is -2.66. The number of nitrogens with zero attached hydrogens (tertiary/aromatic N) is 4. The van der Waals surface area contributed by atoms with Crippen molar-refractivity contribution in [2.45, 2.75) is 67.7 Å². The number of nitro groups is 2. The van der Waals surface area contributed by atoms with Gasteiger partial charge in [0.25, 0.3) is 11.4 Å². The van der Waals surface area contributed by atoms with E-state index in [0.29, 0.717) is 22.5 Å². The highest BCUT2D eigenvalue weighted by molar-refractivity contribution is 8.17. The lowest BCUT2D eigenvalue weighted by Gasteiger charge is -2.51. The van der Waals surface area contributed by atoms with Crippen LogP contribution < -0.4 is 0 Å². The van der Waals surface area contributed by atoms with Crippen LogP contribution in [-0.2, 0) is 27.4 Å². The van der Waals surface area contributed by atoms with Crippen molar-refractivity contribution in [1.29, 1.82) is 0 Å². The average molecular weight is 745 g/mol. The average Bonchev–Trinajstić information content (AvgIpc) is 3.60. The van der Waals surface area contributed by atoms with Crippen molar-refractivity contribution in [3.8, 4) is 0 Å². The minimum atomic E-state index is -1.27. The number of aliphatic hydroxyl groups is 1. The number of amides is 2. The van der Waals surface area contributed by atoms with E-state index in [0.717, 1.165) is 17.9 Å². The maximum Gasteiger partial charge on any atom is 0.410 e. The first kappa shape index (κ1) is 36.0. The highest BCUT2D eigenvalue weighted by Crippen LogP contribution is 2.60. The van der Waals surface area contributed by atoms with Gasteiger partial charge < -0.3 is 24.7 Å². The van der Waals surface area contributed by atoms with Crippen LogP contribution in [0.4, 0.5) is 16.2 Å². The number of carbonyl (C=O) groups excluding carboxylic acids is 2. The van der Waals surface area contributed by atoms with Crippen molar-refractivity contribution < 1.29 is 39.2 Å². The monoisotopic (exact) mass is 744 g/mol. The third kappa shape index (κ3) is 6.79. The number of aliphatic hydroxyl groups excluding tert-OH is 1. The van der Waals surface area contributed by atoms with Gasteiger partial charge in [0.2, 0.25) is 5.91 Å². The zero-order chi connectivity index (χ0) is 35.9. The molecule has 0 saturated carbocycles. The number of thioether (sulfide) groups is 3. The molecule has 6 rings (SSSR count). The molecule has 0 radical (unpaired) electrons. The van der Waals surface area contributed by atoms with Crippen molar-refractivity contribution in [1.82, 2.24) is 9.80 Å². The van der Waals surface area contributed by atoms with Crippen molar-refractivity contribution in [2.24, 2.45) is 11.3 Å². The molecule has 0 aliphatic carbocycles. The molecule has 2 amide bonds. The Morgan fingerprint density at radius 1 is 1.04 bits per heavy atom. The minimum Gasteiger partial charge on any atom is -0.477 e. The quantitative estimate of drug-likeness (QED) is 0.172. The molecule has 0 unspecified atom stereocenters. The van der Waals surface area contributed by atoms with Gasteiger partial charge in [-0.1, -0.05) is 19.1 Å². The van der Waals surface area contributed by atoms with E-state index in [1.807, 2.05) is 6.92 Å². The molecule has 2 aromatic carbocycles. The van der Waals surface area contributed by atoms with Gasteiger partial charge in [-0.15, -0.1) is 35.3 Å². The van der Waals surface area contributed by atoms with E-state index in [9.17, 15) is 44.8 Å². The standard InChI is InChI=1S/C33H36N4O10S3/c1-18(38)25-27-33(2,15-19-4-8-21(9-5-19)36(43)44)28(26(30(40)41)35(27)29(25)39)50-23-14-24(31-48-12-3-13-49-31)34(16-23)32(42)47-17-20-6-10-22(11-7-20)37(45)46/h4-11,18,23-25,27,31,38H,3,12-17H2,1-2H3,(H,40,41)/t18-,23+,24+,25-,27+,33-/m1/s1. The van der Waals surface area contributed by atoms with Gasteiger partial charge in [-0.05, 0) is 61.0 Å². The molecule has 4 heterocycles. The number of hydrogen-bond donors (Lipinski definition) is 2. The van der Waals surface area contributed by atoms with Crippen LogP contribution in [0.2, 0.25) is 0 Å². The van der Waals surface area contributed by atoms with Gasteiger partial charge in [0.05, 0.1) is 38.5 Å². The smallest absolute Gasteiger partial charge is 0.410 e. The zero-order valence-electron chi connectivity index (χ0n) is 27.2. The number of benzene rings is 2. The second-order valence-electron chi connectivity index (χ2n) is 13.1. The van der Waals surface area contributed by atoms with E-state index in [1.54, 1.807) is 40.6 Å². The Balaban J connectivity index is 1.29. The van der Waals surface area contributed by atoms with Crippen LogP contribution in [0, 0.1) is 31.6 Å². The summed E-state index contributed by atoms with van der Waals surface area (Å²) in [6, 6.07) is 10.9. The minimum absolute atomic E-state index is 0.0698. The predicted octanol–water partition coefficient (Wildman–Crippen LogP) is 5.28. The van der Waals surface area contributed by atoms with Gasteiger partial charge in [-0.25, -0.2) is 9.59 Å². The molecule has 14 nitrogen and oxygen atoms in total. The van der Waals surface area contributed by atoms with Crippen LogP contribution in [0.3, 0.4) is 0 Å². The number of carboxylic acid groups (broad SMARTS) is 1. The molecule has 2 aromatic rings. The molecule has 266 valence electrons. The SMILES string of the molecule is C[C@@H](O)[C@H]1C(=O)N2C(C(=O)O)=C(S[C@H]3C[C@@H](C4SCCCS4)N(C(=O)OCc4ccc([N+](=O)[O-])cc4)C3)[C@](C)(Cc3ccc([N+](=O)[O-])cc3)[C@H]12. The van der Waals surface area contributed by atoms with Gasteiger partial charge in [0.1, 0.15) is 12.3 Å². The molecular weight excluding hydrogens is 709 g/mol.